The highest BCUT2D eigenvalue weighted by Gasteiger charge is 2.23. The van der Waals surface area contributed by atoms with Gasteiger partial charge in [-0.1, -0.05) is 18.2 Å². The van der Waals surface area contributed by atoms with Gasteiger partial charge in [-0.05, 0) is 106 Å². The second kappa shape index (κ2) is 12.0. The fourth-order valence-corrected chi connectivity index (χ4v) is 5.10. The van der Waals surface area contributed by atoms with E-state index in [0.717, 1.165) is 37.7 Å². The van der Waals surface area contributed by atoms with E-state index in [4.69, 9.17) is 9.47 Å². The van der Waals surface area contributed by atoms with Crippen molar-refractivity contribution in [3.63, 3.8) is 0 Å². The highest BCUT2D eigenvalue weighted by Crippen LogP contribution is 2.40. The van der Waals surface area contributed by atoms with Gasteiger partial charge < -0.3 is 19.3 Å². The SMILES string of the molecule is CCN(CC)c1ccc(C(c2ccc(OC)c(OC)c2)c2ccc(N(CC)CC)cc2C)c(C)c1. The molecule has 3 aromatic rings. The first-order chi connectivity index (χ1) is 16.9. The summed E-state index contributed by atoms with van der Waals surface area (Å²) >= 11 is 0. The molecule has 0 atom stereocenters. The molecule has 4 nitrogen and oxygen atoms in total. The maximum Gasteiger partial charge on any atom is 0.161 e. The quantitative estimate of drug-likeness (QED) is 0.275. The van der Waals surface area contributed by atoms with Gasteiger partial charge in [-0.15, -0.1) is 0 Å². The molecule has 0 spiro atoms. The molecule has 0 unspecified atom stereocenters. The molecule has 35 heavy (non-hydrogen) atoms. The third-order valence-corrected chi connectivity index (χ3v) is 7.13. The summed E-state index contributed by atoms with van der Waals surface area (Å²) in [6.07, 6.45) is 0. The van der Waals surface area contributed by atoms with Crippen LogP contribution in [0.3, 0.4) is 0 Å². The van der Waals surface area contributed by atoms with E-state index in [9.17, 15) is 0 Å². The van der Waals surface area contributed by atoms with Crippen LogP contribution in [0.25, 0.3) is 0 Å². The molecule has 0 aliphatic heterocycles. The second-order valence-electron chi connectivity index (χ2n) is 8.97. The van der Waals surface area contributed by atoms with Crippen LogP contribution < -0.4 is 19.3 Å². The van der Waals surface area contributed by atoms with Crippen molar-refractivity contribution in [1.82, 2.24) is 0 Å². The Hall–Kier alpha value is -3.14. The van der Waals surface area contributed by atoms with Crippen LogP contribution in [-0.2, 0) is 0 Å². The highest BCUT2D eigenvalue weighted by atomic mass is 16.5. The maximum absolute atomic E-state index is 5.68. The molecule has 0 aliphatic rings. The van der Waals surface area contributed by atoms with E-state index < -0.39 is 0 Å². The van der Waals surface area contributed by atoms with Gasteiger partial charge in [0.15, 0.2) is 11.5 Å². The number of benzene rings is 3. The Morgan fingerprint density at radius 2 is 1.06 bits per heavy atom. The Morgan fingerprint density at radius 1 is 0.600 bits per heavy atom. The number of hydrogen-bond donors (Lipinski definition) is 0. The lowest BCUT2D eigenvalue weighted by Gasteiger charge is -2.28. The summed E-state index contributed by atoms with van der Waals surface area (Å²) < 4.78 is 11.2. The van der Waals surface area contributed by atoms with Gasteiger partial charge in [-0.25, -0.2) is 0 Å². The largest absolute Gasteiger partial charge is 0.493 e. The molecule has 0 fully saturated rings. The summed E-state index contributed by atoms with van der Waals surface area (Å²) in [5.74, 6) is 1.59. The molecule has 3 aromatic carbocycles. The lowest BCUT2D eigenvalue weighted by atomic mass is 9.81. The number of nitrogens with zero attached hydrogens (tertiary/aromatic N) is 2. The molecule has 0 saturated heterocycles. The lowest BCUT2D eigenvalue weighted by molar-refractivity contribution is 0.354. The minimum absolute atomic E-state index is 0.0892. The standard InChI is InChI=1S/C31H42N2O2/c1-9-32(10-2)25-14-16-27(22(5)19-25)31(24-13-18-29(34-7)30(21-24)35-8)28-17-15-26(20-23(28)6)33(11-3)12-4/h13-21,31H,9-12H2,1-8H3. The van der Waals surface area contributed by atoms with E-state index in [1.807, 2.05) is 6.07 Å². The normalized spacial score (nSPS) is 11.0. The van der Waals surface area contributed by atoms with Gasteiger partial charge in [0.2, 0.25) is 0 Å². The fraction of sp³-hybridized carbons (Fsp3) is 0.419. The van der Waals surface area contributed by atoms with Crippen molar-refractivity contribution in [2.24, 2.45) is 0 Å². The van der Waals surface area contributed by atoms with Crippen molar-refractivity contribution in [3.8, 4) is 11.5 Å². The van der Waals surface area contributed by atoms with Crippen LogP contribution in [0.2, 0.25) is 0 Å². The zero-order valence-corrected chi connectivity index (χ0v) is 22.8. The van der Waals surface area contributed by atoms with Gasteiger partial charge in [0.05, 0.1) is 14.2 Å². The number of ether oxygens (including phenoxy) is 2. The Balaban J connectivity index is 2.20. The number of anilines is 2. The Morgan fingerprint density at radius 3 is 1.43 bits per heavy atom. The predicted molar refractivity (Wildman–Crippen MR) is 150 cm³/mol. The lowest BCUT2D eigenvalue weighted by Crippen LogP contribution is -2.22. The Kier molecular flexibility index (Phi) is 9.08. The van der Waals surface area contributed by atoms with E-state index in [-0.39, 0.29) is 5.92 Å². The van der Waals surface area contributed by atoms with Crippen LogP contribution in [0, 0.1) is 13.8 Å². The summed E-state index contributed by atoms with van der Waals surface area (Å²) in [5.41, 5.74) is 8.95. The molecule has 0 aliphatic carbocycles. The molecular formula is C31H42N2O2. The molecule has 4 heteroatoms. The first kappa shape index (κ1) is 26.5. The fourth-order valence-electron chi connectivity index (χ4n) is 5.10. The summed E-state index contributed by atoms with van der Waals surface area (Å²) in [6.45, 7) is 17.3. The molecular weight excluding hydrogens is 432 g/mol. The highest BCUT2D eigenvalue weighted by molar-refractivity contribution is 5.59. The summed E-state index contributed by atoms with van der Waals surface area (Å²) in [7, 11) is 3.38. The summed E-state index contributed by atoms with van der Waals surface area (Å²) in [6, 6.07) is 20.1. The molecule has 0 aromatic heterocycles. The van der Waals surface area contributed by atoms with Gasteiger partial charge >= 0.3 is 0 Å². The van der Waals surface area contributed by atoms with Crippen molar-refractivity contribution in [1.29, 1.82) is 0 Å². The van der Waals surface area contributed by atoms with E-state index >= 15 is 0 Å². The van der Waals surface area contributed by atoms with Crippen LogP contribution in [0.1, 0.15) is 61.4 Å². The summed E-state index contributed by atoms with van der Waals surface area (Å²) in [4.78, 5) is 4.79. The zero-order chi connectivity index (χ0) is 25.5. The van der Waals surface area contributed by atoms with E-state index in [1.165, 1.54) is 39.2 Å². The van der Waals surface area contributed by atoms with Crippen molar-refractivity contribution < 1.29 is 9.47 Å². The van der Waals surface area contributed by atoms with Crippen LogP contribution in [0.4, 0.5) is 11.4 Å². The average Bonchev–Trinajstić information content (AvgIpc) is 2.87. The van der Waals surface area contributed by atoms with Crippen LogP contribution >= 0.6 is 0 Å². The van der Waals surface area contributed by atoms with Crippen molar-refractivity contribution in [3.05, 3.63) is 82.4 Å². The molecule has 188 valence electrons. The van der Waals surface area contributed by atoms with Crippen molar-refractivity contribution in [2.75, 3.05) is 50.2 Å². The van der Waals surface area contributed by atoms with Gasteiger partial charge in [0, 0.05) is 43.5 Å². The molecule has 0 radical (unpaired) electrons. The van der Waals surface area contributed by atoms with Crippen molar-refractivity contribution >= 4 is 11.4 Å². The summed E-state index contributed by atoms with van der Waals surface area (Å²) in [5, 5.41) is 0. The van der Waals surface area contributed by atoms with Crippen LogP contribution in [-0.4, -0.2) is 40.4 Å². The van der Waals surface area contributed by atoms with Gasteiger partial charge in [-0.2, -0.15) is 0 Å². The number of hydrogen-bond acceptors (Lipinski definition) is 4. The Labute approximate surface area is 212 Å². The van der Waals surface area contributed by atoms with Crippen LogP contribution in [0.5, 0.6) is 11.5 Å². The van der Waals surface area contributed by atoms with E-state index in [0.29, 0.717) is 0 Å². The van der Waals surface area contributed by atoms with Gasteiger partial charge in [-0.3, -0.25) is 0 Å². The van der Waals surface area contributed by atoms with E-state index in [1.54, 1.807) is 14.2 Å². The second-order valence-corrected chi connectivity index (χ2v) is 8.97. The number of rotatable bonds is 11. The smallest absolute Gasteiger partial charge is 0.161 e. The minimum atomic E-state index is 0.0892. The van der Waals surface area contributed by atoms with Crippen molar-refractivity contribution in [2.45, 2.75) is 47.5 Å². The van der Waals surface area contributed by atoms with Gasteiger partial charge in [0.25, 0.3) is 0 Å². The first-order valence-electron chi connectivity index (χ1n) is 12.8. The molecule has 0 saturated carbocycles. The third kappa shape index (κ3) is 5.58. The molecule has 0 N–H and O–H groups in total. The van der Waals surface area contributed by atoms with Gasteiger partial charge in [0.1, 0.15) is 0 Å². The molecule has 0 bridgehead atoms. The number of aryl methyl sites for hydroxylation is 2. The van der Waals surface area contributed by atoms with Crippen LogP contribution in [0.15, 0.2) is 54.6 Å². The number of methoxy groups -OCH3 is 2. The monoisotopic (exact) mass is 474 g/mol. The zero-order valence-electron chi connectivity index (χ0n) is 22.8. The molecule has 0 heterocycles. The molecule has 3 rings (SSSR count). The third-order valence-electron chi connectivity index (χ3n) is 7.13. The minimum Gasteiger partial charge on any atom is -0.493 e. The first-order valence-corrected chi connectivity index (χ1v) is 12.8. The topological polar surface area (TPSA) is 24.9 Å². The average molecular weight is 475 g/mol. The Bertz CT molecular complexity index is 1060. The predicted octanol–water partition coefficient (Wildman–Crippen LogP) is 7.19. The maximum atomic E-state index is 5.68. The molecule has 0 amide bonds. The van der Waals surface area contributed by atoms with E-state index in [2.05, 4.69) is 99.9 Å².